The molecule has 1 N–H and O–H groups in total. The number of carbonyl (C=O) groups excluding carboxylic acids is 1. The average Bonchev–Trinajstić information content (AvgIpc) is 2.38. The molecule has 0 aliphatic carbocycles. The highest BCUT2D eigenvalue weighted by atomic mass is 17.2. The molecule has 0 aromatic carbocycles. The molecule has 0 bridgehead atoms. The van der Waals surface area contributed by atoms with Gasteiger partial charge in [0.2, 0.25) is 5.60 Å². The van der Waals surface area contributed by atoms with E-state index in [0.29, 0.717) is 6.42 Å². The van der Waals surface area contributed by atoms with Crippen molar-refractivity contribution in [3.63, 3.8) is 0 Å². The molecule has 0 fully saturated rings. The van der Waals surface area contributed by atoms with Gasteiger partial charge in [-0.25, -0.2) is 14.6 Å². The van der Waals surface area contributed by atoms with Crippen molar-refractivity contribution >= 4 is 5.97 Å². The van der Waals surface area contributed by atoms with Crippen LogP contribution < -0.4 is 0 Å². The van der Waals surface area contributed by atoms with Crippen molar-refractivity contribution in [3.05, 3.63) is 0 Å². The number of unbranched alkanes of at least 4 members (excludes halogenated alkanes) is 4. The first-order valence-electron chi connectivity index (χ1n) is 8.23. The summed E-state index contributed by atoms with van der Waals surface area (Å²) in [4.78, 5) is 27.3. The molecule has 0 radical (unpaired) electrons. The van der Waals surface area contributed by atoms with Crippen LogP contribution in [-0.4, -0.2) is 22.4 Å². The minimum Gasteiger partial charge on any atom is -0.298 e. The first-order chi connectivity index (χ1) is 10.00. The lowest BCUT2D eigenvalue weighted by Gasteiger charge is -2.41. The van der Waals surface area contributed by atoms with Gasteiger partial charge in [0.05, 0.1) is 5.60 Å². The summed E-state index contributed by atoms with van der Waals surface area (Å²) in [6, 6.07) is 0. The van der Waals surface area contributed by atoms with Crippen molar-refractivity contribution < 1.29 is 24.7 Å². The molecule has 0 aromatic heterocycles. The van der Waals surface area contributed by atoms with Crippen molar-refractivity contribution in [2.75, 3.05) is 0 Å². The van der Waals surface area contributed by atoms with E-state index in [-0.39, 0.29) is 0 Å². The fourth-order valence-electron chi connectivity index (χ4n) is 2.23. The Kier molecular flexibility index (Phi) is 8.58. The van der Waals surface area contributed by atoms with Crippen molar-refractivity contribution in [3.8, 4) is 0 Å². The van der Waals surface area contributed by atoms with E-state index in [4.69, 9.17) is 15.0 Å². The molecular formula is C17H34O5. The van der Waals surface area contributed by atoms with Gasteiger partial charge in [-0.3, -0.25) is 4.89 Å². The van der Waals surface area contributed by atoms with E-state index >= 15 is 0 Å². The minimum absolute atomic E-state index is 0.440. The van der Waals surface area contributed by atoms with Gasteiger partial charge in [0, 0.05) is 5.41 Å². The predicted octanol–water partition coefficient (Wildman–Crippen LogP) is 4.89. The Morgan fingerprint density at radius 1 is 0.909 bits per heavy atom. The maximum Gasteiger partial charge on any atom is 0.377 e. The molecule has 5 nitrogen and oxygen atoms in total. The molecule has 0 rings (SSSR count). The van der Waals surface area contributed by atoms with Crippen LogP contribution in [0.3, 0.4) is 0 Å². The molecule has 0 aliphatic heterocycles. The standard InChI is InChI=1S/C17H34O5/c1-8-9-10-11-12-13-17(14(18)20-19,15(2,3)4)22-21-16(5,6)7/h19H,8-13H2,1-7H3. The van der Waals surface area contributed by atoms with Crippen molar-refractivity contribution in [1.29, 1.82) is 0 Å². The maximum atomic E-state index is 12.2. The summed E-state index contributed by atoms with van der Waals surface area (Å²) in [7, 11) is 0. The molecule has 0 amide bonds. The van der Waals surface area contributed by atoms with E-state index in [1.807, 2.05) is 41.5 Å². The summed E-state index contributed by atoms with van der Waals surface area (Å²) in [5.74, 6) is -0.806. The monoisotopic (exact) mass is 318 g/mol. The molecule has 1 unspecified atom stereocenters. The second-order valence-electron chi connectivity index (χ2n) is 7.90. The van der Waals surface area contributed by atoms with Crippen molar-refractivity contribution in [2.24, 2.45) is 5.41 Å². The van der Waals surface area contributed by atoms with Crippen LogP contribution in [0.1, 0.15) is 87.0 Å². The van der Waals surface area contributed by atoms with E-state index in [2.05, 4.69) is 11.8 Å². The second kappa shape index (κ2) is 8.85. The highest BCUT2D eigenvalue weighted by Crippen LogP contribution is 2.40. The summed E-state index contributed by atoms with van der Waals surface area (Å²) < 4.78 is 0. The summed E-state index contributed by atoms with van der Waals surface area (Å²) in [5, 5.41) is 8.92. The van der Waals surface area contributed by atoms with Crippen LogP contribution in [0.25, 0.3) is 0 Å². The Balaban J connectivity index is 5.10. The van der Waals surface area contributed by atoms with E-state index < -0.39 is 22.6 Å². The molecule has 0 heterocycles. The van der Waals surface area contributed by atoms with E-state index in [0.717, 1.165) is 25.7 Å². The van der Waals surface area contributed by atoms with Gasteiger partial charge in [-0.1, -0.05) is 53.4 Å². The summed E-state index contributed by atoms with van der Waals surface area (Å²) in [5.41, 5.74) is -2.47. The Morgan fingerprint density at radius 3 is 1.86 bits per heavy atom. The molecule has 0 aliphatic rings. The third kappa shape index (κ3) is 6.63. The van der Waals surface area contributed by atoms with Crippen LogP contribution in [0.2, 0.25) is 0 Å². The summed E-state index contributed by atoms with van der Waals surface area (Å²) in [6.45, 7) is 13.3. The van der Waals surface area contributed by atoms with Crippen LogP contribution in [0.4, 0.5) is 0 Å². The third-order valence-corrected chi connectivity index (χ3v) is 3.69. The lowest BCUT2D eigenvalue weighted by atomic mass is 9.73. The fourth-order valence-corrected chi connectivity index (χ4v) is 2.23. The van der Waals surface area contributed by atoms with Gasteiger partial charge in [0.15, 0.2) is 0 Å². The van der Waals surface area contributed by atoms with Crippen LogP contribution in [0.5, 0.6) is 0 Å². The molecule has 1 atom stereocenters. The summed E-state index contributed by atoms with van der Waals surface area (Å²) in [6.07, 6.45) is 5.70. The molecule has 22 heavy (non-hydrogen) atoms. The second-order valence-corrected chi connectivity index (χ2v) is 7.90. The van der Waals surface area contributed by atoms with Crippen molar-refractivity contribution in [2.45, 2.75) is 98.2 Å². The van der Waals surface area contributed by atoms with Gasteiger partial charge in [-0.15, -0.1) is 0 Å². The molecule has 5 heteroatoms. The number of hydrogen-bond acceptors (Lipinski definition) is 5. The zero-order chi connectivity index (χ0) is 17.4. The molecule has 132 valence electrons. The zero-order valence-corrected chi connectivity index (χ0v) is 15.3. The Labute approximate surface area is 135 Å². The van der Waals surface area contributed by atoms with Crippen LogP contribution in [0, 0.1) is 5.41 Å². The molecule has 0 saturated carbocycles. The van der Waals surface area contributed by atoms with Gasteiger partial charge in [0.1, 0.15) is 0 Å². The number of hydrogen-bond donors (Lipinski definition) is 1. The quantitative estimate of drug-likeness (QED) is 0.372. The first-order valence-corrected chi connectivity index (χ1v) is 8.23. The van der Waals surface area contributed by atoms with Gasteiger partial charge in [0.25, 0.3) is 0 Å². The fraction of sp³-hybridized carbons (Fsp3) is 0.941. The average molecular weight is 318 g/mol. The topological polar surface area (TPSA) is 65.0 Å². The smallest absolute Gasteiger partial charge is 0.298 e. The van der Waals surface area contributed by atoms with Crippen LogP contribution in [-0.2, 0) is 19.5 Å². The predicted molar refractivity (Wildman–Crippen MR) is 86.2 cm³/mol. The van der Waals surface area contributed by atoms with Crippen molar-refractivity contribution in [1.82, 2.24) is 0 Å². The minimum atomic E-state index is -1.33. The number of carbonyl (C=O) groups is 1. The molecule has 0 aromatic rings. The molecular weight excluding hydrogens is 284 g/mol. The zero-order valence-electron chi connectivity index (χ0n) is 15.3. The Hall–Kier alpha value is -0.650. The lowest BCUT2D eigenvalue weighted by Crippen LogP contribution is -2.54. The summed E-state index contributed by atoms with van der Waals surface area (Å²) >= 11 is 0. The highest BCUT2D eigenvalue weighted by Gasteiger charge is 2.53. The SMILES string of the molecule is CCCCCCCC(OOC(C)(C)C)(C(=O)OO)C(C)(C)C. The van der Waals surface area contributed by atoms with Gasteiger partial charge >= 0.3 is 5.97 Å². The number of rotatable bonds is 9. The molecule has 0 saturated heterocycles. The largest absolute Gasteiger partial charge is 0.377 e. The third-order valence-electron chi connectivity index (χ3n) is 3.69. The normalized spacial score (nSPS) is 15.5. The molecule has 0 spiro atoms. The van der Waals surface area contributed by atoms with Gasteiger partial charge in [-0.2, -0.15) is 5.26 Å². The maximum absolute atomic E-state index is 12.2. The Morgan fingerprint density at radius 2 is 1.45 bits per heavy atom. The Bertz CT molecular complexity index is 327. The van der Waals surface area contributed by atoms with Gasteiger partial charge < -0.3 is 0 Å². The van der Waals surface area contributed by atoms with E-state index in [1.165, 1.54) is 6.42 Å². The van der Waals surface area contributed by atoms with Crippen LogP contribution in [0.15, 0.2) is 0 Å². The highest BCUT2D eigenvalue weighted by molar-refractivity contribution is 5.80. The van der Waals surface area contributed by atoms with Crippen LogP contribution >= 0.6 is 0 Å². The first kappa shape index (κ1) is 21.4. The van der Waals surface area contributed by atoms with Gasteiger partial charge in [-0.05, 0) is 33.6 Å². The lowest BCUT2D eigenvalue weighted by molar-refractivity contribution is -0.420. The van der Waals surface area contributed by atoms with E-state index in [1.54, 1.807) is 0 Å². The van der Waals surface area contributed by atoms with E-state index in [9.17, 15) is 4.79 Å².